The first-order chi connectivity index (χ1) is 9.97. The summed E-state index contributed by atoms with van der Waals surface area (Å²) >= 11 is 0. The van der Waals surface area contributed by atoms with Crippen LogP contribution in [-0.2, 0) is 14.3 Å². The van der Waals surface area contributed by atoms with Gasteiger partial charge in [0.15, 0.2) is 6.10 Å². The van der Waals surface area contributed by atoms with Crippen LogP contribution in [0.3, 0.4) is 0 Å². The Bertz CT molecular complexity index is 685. The lowest BCUT2D eigenvalue weighted by Crippen LogP contribution is -2.24. The van der Waals surface area contributed by atoms with Crippen molar-refractivity contribution in [2.75, 3.05) is 14.2 Å². The van der Waals surface area contributed by atoms with Crippen molar-refractivity contribution < 1.29 is 28.2 Å². The summed E-state index contributed by atoms with van der Waals surface area (Å²) in [6.07, 6.45) is -0.748. The van der Waals surface area contributed by atoms with E-state index in [-0.39, 0.29) is 0 Å². The molecule has 0 saturated carbocycles. The molecule has 0 aliphatic heterocycles. The van der Waals surface area contributed by atoms with Gasteiger partial charge in [-0.3, -0.25) is 0 Å². The smallest absolute Gasteiger partial charge is 0.346 e. The average molecular weight is 292 g/mol. The molecule has 0 saturated heterocycles. The monoisotopic (exact) mass is 292 g/mol. The van der Waals surface area contributed by atoms with Crippen LogP contribution in [0.25, 0.3) is 11.0 Å². The molecule has 0 N–H and O–H groups in total. The van der Waals surface area contributed by atoms with E-state index in [1.807, 2.05) is 0 Å². The fourth-order valence-electron chi connectivity index (χ4n) is 2.05. The summed E-state index contributed by atoms with van der Waals surface area (Å²) in [5.41, 5.74) is 0.898. The zero-order chi connectivity index (χ0) is 15.6. The molecule has 0 unspecified atom stereocenters. The van der Waals surface area contributed by atoms with Crippen LogP contribution in [0.1, 0.15) is 23.0 Å². The van der Waals surface area contributed by atoms with Crippen LogP contribution in [0.4, 0.5) is 0 Å². The lowest BCUT2D eigenvalue weighted by Gasteiger charge is -2.12. The maximum atomic E-state index is 11.8. The second kappa shape index (κ2) is 5.87. The number of aryl methyl sites for hydroxylation is 1. The van der Waals surface area contributed by atoms with E-state index in [0.29, 0.717) is 28.0 Å². The molecule has 0 radical (unpaired) electrons. The zero-order valence-corrected chi connectivity index (χ0v) is 12.3. The fourth-order valence-corrected chi connectivity index (χ4v) is 2.05. The van der Waals surface area contributed by atoms with Gasteiger partial charge in [0, 0.05) is 5.39 Å². The second-order valence-corrected chi connectivity index (χ2v) is 4.47. The number of fused-ring (bicyclic) bond motifs is 1. The van der Waals surface area contributed by atoms with Crippen molar-refractivity contribution >= 4 is 22.9 Å². The van der Waals surface area contributed by atoms with E-state index in [1.54, 1.807) is 32.0 Å². The summed E-state index contributed by atoms with van der Waals surface area (Å²) < 4.78 is 20.3. The van der Waals surface area contributed by atoms with Crippen molar-refractivity contribution in [3.63, 3.8) is 0 Å². The van der Waals surface area contributed by atoms with Crippen LogP contribution in [0.5, 0.6) is 5.75 Å². The molecular weight excluding hydrogens is 276 g/mol. The topological polar surface area (TPSA) is 75.0 Å². The highest BCUT2D eigenvalue weighted by Gasteiger charge is 2.20. The highest BCUT2D eigenvalue weighted by Crippen LogP contribution is 2.30. The molecule has 6 nitrogen and oxygen atoms in total. The molecule has 2 rings (SSSR count). The Morgan fingerprint density at radius 2 is 1.90 bits per heavy atom. The highest BCUT2D eigenvalue weighted by molar-refractivity contribution is 6.04. The zero-order valence-electron chi connectivity index (χ0n) is 12.3. The van der Waals surface area contributed by atoms with E-state index in [4.69, 9.17) is 13.9 Å². The number of carbonyl (C=O) groups is 2. The Morgan fingerprint density at radius 3 is 2.52 bits per heavy atom. The van der Waals surface area contributed by atoms with Gasteiger partial charge in [-0.05, 0) is 32.0 Å². The number of hydrogen-bond acceptors (Lipinski definition) is 6. The molecular formula is C15H16O6. The van der Waals surface area contributed by atoms with Crippen molar-refractivity contribution in [3.05, 3.63) is 29.5 Å². The van der Waals surface area contributed by atoms with Gasteiger partial charge in [0.1, 0.15) is 22.7 Å². The third-order valence-electron chi connectivity index (χ3n) is 3.07. The van der Waals surface area contributed by atoms with E-state index in [9.17, 15) is 9.59 Å². The van der Waals surface area contributed by atoms with E-state index in [2.05, 4.69) is 4.74 Å². The van der Waals surface area contributed by atoms with Gasteiger partial charge in [-0.1, -0.05) is 0 Å². The number of carbonyl (C=O) groups excluding carboxylic acids is 2. The maximum absolute atomic E-state index is 11.8. The molecule has 0 aliphatic rings. The van der Waals surface area contributed by atoms with Gasteiger partial charge in [0.2, 0.25) is 0 Å². The molecule has 1 heterocycles. The number of rotatable bonds is 4. The lowest BCUT2D eigenvalue weighted by molar-refractivity contribution is -0.147. The fraction of sp³-hybridized carbons (Fsp3) is 0.333. The van der Waals surface area contributed by atoms with E-state index in [1.165, 1.54) is 14.2 Å². The molecule has 1 aromatic carbocycles. The van der Waals surface area contributed by atoms with Crippen molar-refractivity contribution in [1.29, 1.82) is 0 Å². The van der Waals surface area contributed by atoms with Crippen molar-refractivity contribution in [2.24, 2.45) is 0 Å². The standard InChI is InChI=1S/C15H16O6/c1-8-13(15(17)19-4)11-7-10(5-6-12(11)21-8)20-9(2)14(16)18-3/h5-7,9H,1-4H3/t9-/m0/s1. The van der Waals surface area contributed by atoms with Crippen molar-refractivity contribution in [1.82, 2.24) is 0 Å². The summed E-state index contributed by atoms with van der Waals surface area (Å²) in [7, 11) is 2.60. The predicted molar refractivity (Wildman–Crippen MR) is 74.4 cm³/mol. The van der Waals surface area contributed by atoms with Crippen LogP contribution in [0.2, 0.25) is 0 Å². The Labute approximate surface area is 121 Å². The molecule has 0 bridgehead atoms. The molecule has 112 valence electrons. The van der Waals surface area contributed by atoms with Gasteiger partial charge in [-0.25, -0.2) is 9.59 Å². The minimum absolute atomic E-state index is 0.351. The predicted octanol–water partition coefficient (Wildman–Crippen LogP) is 2.47. The van der Waals surface area contributed by atoms with Gasteiger partial charge < -0.3 is 18.6 Å². The summed E-state index contributed by atoms with van der Waals surface area (Å²) in [5.74, 6) is -0.0579. The first-order valence-electron chi connectivity index (χ1n) is 6.34. The summed E-state index contributed by atoms with van der Waals surface area (Å²) in [5, 5.41) is 0.578. The van der Waals surface area contributed by atoms with E-state index in [0.717, 1.165) is 0 Å². The second-order valence-electron chi connectivity index (χ2n) is 4.47. The molecule has 2 aromatic rings. The number of ether oxygens (including phenoxy) is 3. The van der Waals surface area contributed by atoms with Crippen LogP contribution in [0, 0.1) is 6.92 Å². The average Bonchev–Trinajstić information content (AvgIpc) is 2.80. The molecule has 0 fully saturated rings. The summed E-state index contributed by atoms with van der Waals surface area (Å²) in [4.78, 5) is 23.2. The summed E-state index contributed by atoms with van der Waals surface area (Å²) in [6.45, 7) is 3.27. The maximum Gasteiger partial charge on any atom is 0.346 e. The minimum atomic E-state index is -0.748. The molecule has 1 aromatic heterocycles. The Hall–Kier alpha value is -2.50. The highest BCUT2D eigenvalue weighted by atomic mass is 16.6. The van der Waals surface area contributed by atoms with Gasteiger partial charge >= 0.3 is 11.9 Å². The van der Waals surface area contributed by atoms with E-state index < -0.39 is 18.0 Å². The normalized spacial score (nSPS) is 12.0. The first-order valence-corrected chi connectivity index (χ1v) is 6.34. The molecule has 1 atom stereocenters. The number of methoxy groups -OCH3 is 2. The number of furan rings is 1. The third-order valence-corrected chi connectivity index (χ3v) is 3.07. The molecule has 0 amide bonds. The van der Waals surface area contributed by atoms with Crippen LogP contribution < -0.4 is 4.74 Å². The van der Waals surface area contributed by atoms with Gasteiger partial charge in [0.05, 0.1) is 14.2 Å². The SMILES string of the molecule is COC(=O)c1c(C)oc2ccc(O[C@@H](C)C(=O)OC)cc12. The van der Waals surface area contributed by atoms with E-state index >= 15 is 0 Å². The minimum Gasteiger partial charge on any atom is -0.479 e. The molecule has 0 aliphatic carbocycles. The van der Waals surface area contributed by atoms with Crippen LogP contribution in [-0.4, -0.2) is 32.3 Å². The molecule has 21 heavy (non-hydrogen) atoms. The van der Waals surface area contributed by atoms with Crippen LogP contribution >= 0.6 is 0 Å². The van der Waals surface area contributed by atoms with Crippen LogP contribution in [0.15, 0.2) is 22.6 Å². The van der Waals surface area contributed by atoms with Crippen molar-refractivity contribution in [3.8, 4) is 5.75 Å². The lowest BCUT2D eigenvalue weighted by atomic mass is 10.1. The van der Waals surface area contributed by atoms with Crippen molar-refractivity contribution in [2.45, 2.75) is 20.0 Å². The molecule has 6 heteroatoms. The third kappa shape index (κ3) is 2.84. The number of esters is 2. The first kappa shape index (κ1) is 14.9. The Kier molecular flexibility index (Phi) is 4.16. The molecule has 0 spiro atoms. The van der Waals surface area contributed by atoms with Gasteiger partial charge in [-0.15, -0.1) is 0 Å². The Balaban J connectivity index is 2.40. The van der Waals surface area contributed by atoms with Gasteiger partial charge in [0.25, 0.3) is 0 Å². The number of benzene rings is 1. The summed E-state index contributed by atoms with van der Waals surface area (Å²) in [6, 6.07) is 4.97. The quantitative estimate of drug-likeness (QED) is 0.806. The van der Waals surface area contributed by atoms with Gasteiger partial charge in [-0.2, -0.15) is 0 Å². The Morgan fingerprint density at radius 1 is 1.19 bits per heavy atom. The largest absolute Gasteiger partial charge is 0.479 e. The number of hydrogen-bond donors (Lipinski definition) is 0.